The Bertz CT molecular complexity index is 1870. The van der Waals surface area contributed by atoms with Crippen molar-refractivity contribution in [1.82, 2.24) is 0 Å². The highest BCUT2D eigenvalue weighted by Crippen LogP contribution is 2.50. The van der Waals surface area contributed by atoms with E-state index in [1.54, 1.807) is 72.8 Å². The zero-order valence-corrected chi connectivity index (χ0v) is 28.0. The van der Waals surface area contributed by atoms with Crippen molar-refractivity contribution >= 4 is 36.0 Å². The fourth-order valence-corrected chi connectivity index (χ4v) is 5.23. The van der Waals surface area contributed by atoms with E-state index in [4.69, 9.17) is 28.4 Å². The standard InChI is InChI=1S/C41H34O10/c1-5-37(42)48-25-46-29-13-7-27(8-14-29)11-21-39(44)50-31-17-19-33-34-20-18-32(24-36(34)41(3,4)35(33)23-31)51-40(45)22-12-28-9-15-30(16-10-28)47-26-49-38(43)6-2/h5-24H,1-2,25-26H2,3-4H3. The Balaban J connectivity index is 1.16. The summed E-state index contributed by atoms with van der Waals surface area (Å²) in [6.07, 6.45) is 8.01. The SMILES string of the molecule is C=CC(=O)OCOc1ccc(C=CC(=O)Oc2ccc3c(c2)C(C)(C)c2cc(OC(=O)C=Cc4ccc(OCOC(=O)C=C)cc4)ccc2-3)cc1. The van der Waals surface area contributed by atoms with Crippen molar-refractivity contribution in [3.63, 3.8) is 0 Å². The summed E-state index contributed by atoms with van der Waals surface area (Å²) in [6, 6.07) is 24.7. The van der Waals surface area contributed by atoms with Gasteiger partial charge in [-0.3, -0.25) is 0 Å². The van der Waals surface area contributed by atoms with Gasteiger partial charge in [-0.2, -0.15) is 0 Å². The summed E-state index contributed by atoms with van der Waals surface area (Å²) in [6.45, 7) is 10.3. The van der Waals surface area contributed by atoms with Crippen LogP contribution in [0.5, 0.6) is 23.0 Å². The molecular weight excluding hydrogens is 652 g/mol. The minimum atomic E-state index is -0.580. The Hall–Kier alpha value is -6.68. The smallest absolute Gasteiger partial charge is 0.336 e. The molecule has 0 fully saturated rings. The van der Waals surface area contributed by atoms with Crippen molar-refractivity contribution in [2.75, 3.05) is 13.6 Å². The molecule has 1 aliphatic rings. The average molecular weight is 687 g/mol. The van der Waals surface area contributed by atoms with Crippen molar-refractivity contribution < 1.29 is 47.6 Å². The van der Waals surface area contributed by atoms with Crippen LogP contribution in [-0.4, -0.2) is 37.5 Å². The van der Waals surface area contributed by atoms with Crippen molar-refractivity contribution in [1.29, 1.82) is 0 Å². The molecule has 0 N–H and O–H groups in total. The number of carbonyl (C=O) groups is 4. The maximum atomic E-state index is 12.7. The van der Waals surface area contributed by atoms with Gasteiger partial charge in [-0.05, 0) is 94.1 Å². The Morgan fingerprint density at radius 1 is 0.549 bits per heavy atom. The highest BCUT2D eigenvalue weighted by atomic mass is 16.7. The molecule has 0 unspecified atom stereocenters. The molecule has 0 heterocycles. The number of hydrogen-bond acceptors (Lipinski definition) is 10. The maximum Gasteiger partial charge on any atom is 0.336 e. The van der Waals surface area contributed by atoms with Gasteiger partial charge in [0.15, 0.2) is 0 Å². The van der Waals surface area contributed by atoms with Crippen LogP contribution < -0.4 is 18.9 Å². The molecule has 0 spiro atoms. The van der Waals surface area contributed by atoms with E-state index in [9.17, 15) is 19.2 Å². The van der Waals surface area contributed by atoms with E-state index in [1.165, 1.54) is 12.2 Å². The molecule has 5 rings (SSSR count). The predicted octanol–water partition coefficient (Wildman–Crippen LogP) is 7.36. The molecule has 0 radical (unpaired) electrons. The summed E-state index contributed by atoms with van der Waals surface area (Å²) >= 11 is 0. The lowest BCUT2D eigenvalue weighted by atomic mass is 9.82. The second kappa shape index (κ2) is 16.1. The fraction of sp³-hybridized carbons (Fsp3) is 0.122. The average Bonchev–Trinajstić information content (AvgIpc) is 3.35. The molecule has 4 aromatic carbocycles. The van der Waals surface area contributed by atoms with Crippen LogP contribution in [0.4, 0.5) is 0 Å². The molecule has 258 valence electrons. The first-order chi connectivity index (χ1) is 24.5. The van der Waals surface area contributed by atoms with Gasteiger partial charge < -0.3 is 28.4 Å². The van der Waals surface area contributed by atoms with Crippen LogP contribution in [0.15, 0.2) is 122 Å². The molecular formula is C41H34O10. The van der Waals surface area contributed by atoms with E-state index in [1.807, 2.05) is 24.3 Å². The van der Waals surface area contributed by atoms with Gasteiger partial charge in [0.25, 0.3) is 0 Å². The first-order valence-electron chi connectivity index (χ1n) is 15.7. The molecule has 0 saturated carbocycles. The molecule has 0 aromatic heterocycles. The summed E-state index contributed by atoms with van der Waals surface area (Å²) in [4.78, 5) is 47.6. The predicted molar refractivity (Wildman–Crippen MR) is 190 cm³/mol. The van der Waals surface area contributed by atoms with E-state index in [-0.39, 0.29) is 13.6 Å². The Morgan fingerprint density at radius 3 is 1.29 bits per heavy atom. The molecule has 10 heteroatoms. The van der Waals surface area contributed by atoms with E-state index in [0.717, 1.165) is 45.5 Å². The van der Waals surface area contributed by atoms with Gasteiger partial charge in [0.1, 0.15) is 23.0 Å². The summed E-state index contributed by atoms with van der Waals surface area (Å²) in [5.74, 6) is -0.464. The zero-order chi connectivity index (χ0) is 36.4. The maximum absolute atomic E-state index is 12.7. The molecule has 0 aliphatic heterocycles. The van der Waals surface area contributed by atoms with Crippen LogP contribution in [0.2, 0.25) is 0 Å². The van der Waals surface area contributed by atoms with E-state index in [0.29, 0.717) is 23.0 Å². The van der Waals surface area contributed by atoms with Crippen LogP contribution in [-0.2, 0) is 34.1 Å². The van der Waals surface area contributed by atoms with E-state index >= 15 is 0 Å². The summed E-state index contributed by atoms with van der Waals surface area (Å²) in [7, 11) is 0. The van der Waals surface area contributed by atoms with Crippen molar-refractivity contribution in [2.24, 2.45) is 0 Å². The number of carbonyl (C=O) groups excluding carboxylic acids is 4. The summed E-state index contributed by atoms with van der Waals surface area (Å²) < 4.78 is 31.5. The summed E-state index contributed by atoms with van der Waals surface area (Å²) in [5.41, 5.74) is 4.94. The van der Waals surface area contributed by atoms with Gasteiger partial charge in [-0.15, -0.1) is 0 Å². The van der Waals surface area contributed by atoms with Crippen molar-refractivity contribution in [2.45, 2.75) is 19.3 Å². The molecule has 10 nitrogen and oxygen atoms in total. The lowest BCUT2D eigenvalue weighted by Crippen LogP contribution is -2.16. The molecule has 0 saturated heterocycles. The third-order valence-corrected chi connectivity index (χ3v) is 7.83. The first kappa shape index (κ1) is 35.6. The highest BCUT2D eigenvalue weighted by molar-refractivity contribution is 5.90. The molecule has 4 aromatic rings. The third kappa shape index (κ3) is 9.27. The largest absolute Gasteiger partial charge is 0.457 e. The number of benzene rings is 4. The normalized spacial score (nSPS) is 12.4. The van der Waals surface area contributed by atoms with E-state index in [2.05, 4.69) is 27.0 Å². The summed E-state index contributed by atoms with van der Waals surface area (Å²) in [5, 5.41) is 0. The minimum Gasteiger partial charge on any atom is -0.457 e. The van der Waals surface area contributed by atoms with Crippen LogP contribution in [0, 0.1) is 0 Å². The van der Waals surface area contributed by atoms with Gasteiger partial charge in [0.2, 0.25) is 13.6 Å². The molecule has 1 aliphatic carbocycles. The van der Waals surface area contributed by atoms with Gasteiger partial charge in [0, 0.05) is 29.7 Å². The molecule has 0 atom stereocenters. The van der Waals surface area contributed by atoms with Crippen molar-refractivity contribution in [3.05, 3.63) is 145 Å². The van der Waals surface area contributed by atoms with Gasteiger partial charge in [-0.1, -0.05) is 63.4 Å². The highest BCUT2D eigenvalue weighted by Gasteiger charge is 2.36. The second-order valence-electron chi connectivity index (χ2n) is 11.5. The number of ether oxygens (including phenoxy) is 6. The van der Waals surface area contributed by atoms with Gasteiger partial charge >= 0.3 is 23.9 Å². The van der Waals surface area contributed by atoms with Gasteiger partial charge in [-0.25, -0.2) is 19.2 Å². The zero-order valence-electron chi connectivity index (χ0n) is 28.0. The number of hydrogen-bond donors (Lipinski definition) is 0. The molecule has 0 bridgehead atoms. The Morgan fingerprint density at radius 2 is 0.922 bits per heavy atom. The quantitative estimate of drug-likeness (QED) is 0.0575. The van der Waals surface area contributed by atoms with E-state index < -0.39 is 29.3 Å². The number of esters is 4. The molecule has 0 amide bonds. The van der Waals surface area contributed by atoms with Crippen molar-refractivity contribution in [3.8, 4) is 34.1 Å². The minimum absolute atomic E-state index is 0.239. The van der Waals surface area contributed by atoms with Gasteiger partial charge in [0.05, 0.1) is 0 Å². The lowest BCUT2D eigenvalue weighted by Gasteiger charge is -2.22. The third-order valence-electron chi connectivity index (χ3n) is 7.83. The van der Waals surface area contributed by atoms with Crippen LogP contribution >= 0.6 is 0 Å². The fourth-order valence-electron chi connectivity index (χ4n) is 5.23. The molecule has 51 heavy (non-hydrogen) atoms. The lowest BCUT2D eigenvalue weighted by molar-refractivity contribution is -0.145. The first-order valence-corrected chi connectivity index (χ1v) is 15.7. The monoisotopic (exact) mass is 686 g/mol. The van der Waals surface area contributed by atoms with Crippen LogP contribution in [0.25, 0.3) is 23.3 Å². The second-order valence-corrected chi connectivity index (χ2v) is 11.5. The topological polar surface area (TPSA) is 124 Å². The number of fused-ring (bicyclic) bond motifs is 3. The Labute approximate surface area is 294 Å². The number of rotatable bonds is 14. The van der Waals surface area contributed by atoms with Crippen LogP contribution in [0.3, 0.4) is 0 Å². The Kier molecular flexibility index (Phi) is 11.3. The van der Waals surface area contributed by atoms with Crippen LogP contribution in [0.1, 0.15) is 36.1 Å².